The van der Waals surface area contributed by atoms with Crippen LogP contribution in [0.25, 0.3) is 0 Å². The zero-order valence-electron chi connectivity index (χ0n) is 10.1. The van der Waals surface area contributed by atoms with Crippen LogP contribution in [0, 0.1) is 10.1 Å². The van der Waals surface area contributed by atoms with Crippen LogP contribution in [0.5, 0.6) is 5.75 Å². The van der Waals surface area contributed by atoms with Gasteiger partial charge in [-0.15, -0.1) is 0 Å². The highest BCUT2D eigenvalue weighted by Gasteiger charge is 2.17. The van der Waals surface area contributed by atoms with Crippen molar-refractivity contribution < 1.29 is 14.5 Å². The van der Waals surface area contributed by atoms with Gasteiger partial charge < -0.3 is 4.74 Å². The zero-order chi connectivity index (χ0) is 14.7. The molecule has 0 aliphatic rings. The van der Waals surface area contributed by atoms with Crippen LogP contribution in [0.1, 0.15) is 10.4 Å². The lowest BCUT2D eigenvalue weighted by Gasteiger charge is -2.07. The van der Waals surface area contributed by atoms with Gasteiger partial charge in [-0.25, -0.2) is 4.98 Å². The van der Waals surface area contributed by atoms with Gasteiger partial charge in [0.25, 0.3) is 5.91 Å². The number of hydrogen-bond donors (Lipinski definition) is 1. The molecule has 1 heterocycles. The van der Waals surface area contributed by atoms with E-state index in [1.807, 2.05) is 0 Å². The Kier molecular flexibility index (Phi) is 4.16. The van der Waals surface area contributed by atoms with Crippen LogP contribution in [0.4, 0.5) is 10.1 Å². The van der Waals surface area contributed by atoms with Crippen LogP contribution in [0.2, 0.25) is 5.02 Å². The second kappa shape index (κ2) is 5.85. The van der Waals surface area contributed by atoms with Crippen molar-refractivity contribution in [1.29, 1.82) is 0 Å². The molecule has 0 radical (unpaired) electrons. The third-order valence-corrected chi connectivity index (χ3v) is 3.40. The molecule has 20 heavy (non-hydrogen) atoms. The van der Waals surface area contributed by atoms with Crippen LogP contribution in [-0.4, -0.2) is 22.9 Å². The summed E-state index contributed by atoms with van der Waals surface area (Å²) in [5.74, 6) is -0.161. The van der Waals surface area contributed by atoms with E-state index in [4.69, 9.17) is 16.3 Å². The predicted octanol–water partition coefficient (Wildman–Crippen LogP) is 2.97. The van der Waals surface area contributed by atoms with E-state index >= 15 is 0 Å². The Balaban J connectivity index is 2.23. The van der Waals surface area contributed by atoms with Crippen molar-refractivity contribution in [3.63, 3.8) is 0 Å². The number of ether oxygens (including phenoxy) is 1. The molecule has 0 aliphatic heterocycles. The molecule has 0 bridgehead atoms. The Hall–Kier alpha value is -2.19. The van der Waals surface area contributed by atoms with E-state index in [1.165, 1.54) is 13.2 Å². The van der Waals surface area contributed by atoms with Crippen LogP contribution in [-0.2, 0) is 0 Å². The van der Waals surface area contributed by atoms with Gasteiger partial charge in [0, 0.05) is 5.02 Å². The minimum Gasteiger partial charge on any atom is -0.496 e. The smallest absolute Gasteiger partial charge is 0.345 e. The van der Waals surface area contributed by atoms with E-state index < -0.39 is 10.8 Å². The van der Waals surface area contributed by atoms with Gasteiger partial charge >= 0.3 is 5.00 Å². The van der Waals surface area contributed by atoms with Crippen molar-refractivity contribution in [2.75, 3.05) is 12.4 Å². The molecule has 1 aromatic heterocycles. The maximum atomic E-state index is 12.1. The summed E-state index contributed by atoms with van der Waals surface area (Å²) in [6, 6.07) is 4.59. The van der Waals surface area contributed by atoms with Gasteiger partial charge in [0.15, 0.2) is 5.13 Å². The average Bonchev–Trinajstić information content (AvgIpc) is 2.87. The van der Waals surface area contributed by atoms with E-state index in [0.717, 1.165) is 17.5 Å². The molecular formula is C11H8ClN3O4S. The van der Waals surface area contributed by atoms with E-state index in [0.29, 0.717) is 10.8 Å². The number of methoxy groups -OCH3 is 1. The second-order valence-corrected chi connectivity index (χ2v) is 5.01. The molecular weight excluding hydrogens is 306 g/mol. The van der Waals surface area contributed by atoms with E-state index in [2.05, 4.69) is 10.3 Å². The summed E-state index contributed by atoms with van der Waals surface area (Å²) in [5, 5.41) is 13.4. The number of nitro groups is 1. The predicted molar refractivity (Wildman–Crippen MR) is 74.7 cm³/mol. The molecule has 1 amide bonds. The maximum absolute atomic E-state index is 12.1. The Morgan fingerprint density at radius 1 is 1.55 bits per heavy atom. The number of amides is 1. The third-order valence-electron chi connectivity index (χ3n) is 2.30. The van der Waals surface area contributed by atoms with Gasteiger partial charge in [-0.05, 0) is 29.5 Å². The van der Waals surface area contributed by atoms with Gasteiger partial charge in [0.2, 0.25) is 0 Å². The number of carbonyl (C=O) groups excluding carboxylic acids is 1. The van der Waals surface area contributed by atoms with Crippen molar-refractivity contribution in [2.24, 2.45) is 0 Å². The fourth-order valence-corrected chi connectivity index (χ4v) is 2.23. The summed E-state index contributed by atoms with van der Waals surface area (Å²) in [6.45, 7) is 0. The minimum absolute atomic E-state index is 0.128. The van der Waals surface area contributed by atoms with Crippen molar-refractivity contribution in [3.8, 4) is 5.75 Å². The number of benzene rings is 1. The molecule has 0 aliphatic carbocycles. The first-order valence-electron chi connectivity index (χ1n) is 5.26. The van der Waals surface area contributed by atoms with E-state index in [9.17, 15) is 14.9 Å². The highest BCUT2D eigenvalue weighted by Crippen LogP contribution is 2.27. The van der Waals surface area contributed by atoms with Gasteiger partial charge in [-0.3, -0.25) is 20.2 Å². The Morgan fingerprint density at radius 3 is 2.90 bits per heavy atom. The Bertz CT molecular complexity index is 673. The molecule has 0 saturated heterocycles. The van der Waals surface area contributed by atoms with Crippen LogP contribution >= 0.6 is 22.9 Å². The molecule has 1 N–H and O–H groups in total. The number of carbonyl (C=O) groups is 1. The largest absolute Gasteiger partial charge is 0.496 e. The molecule has 2 rings (SSSR count). The number of rotatable bonds is 4. The fourth-order valence-electron chi connectivity index (χ4n) is 1.43. The molecule has 0 unspecified atom stereocenters. The molecule has 0 saturated carbocycles. The van der Waals surface area contributed by atoms with Crippen LogP contribution in [0.15, 0.2) is 24.4 Å². The second-order valence-electron chi connectivity index (χ2n) is 3.56. The summed E-state index contributed by atoms with van der Waals surface area (Å²) in [4.78, 5) is 25.8. The number of halogens is 1. The molecule has 104 valence electrons. The average molecular weight is 314 g/mol. The standard InChI is InChI=1S/C11H8ClN3O4S/c1-19-8-3-2-6(12)4-7(8)10(16)14-11-13-5-9(20-11)15(17)18/h2-5H,1H3,(H,13,14,16). The van der Waals surface area contributed by atoms with Gasteiger partial charge in [0.05, 0.1) is 17.6 Å². The van der Waals surface area contributed by atoms with Crippen LogP contribution in [0.3, 0.4) is 0 Å². The van der Waals surface area contributed by atoms with Crippen molar-refractivity contribution in [1.82, 2.24) is 4.98 Å². The van der Waals surface area contributed by atoms with Gasteiger partial charge in [-0.2, -0.15) is 0 Å². The highest BCUT2D eigenvalue weighted by atomic mass is 35.5. The molecule has 7 nitrogen and oxygen atoms in total. The number of nitrogens with one attached hydrogen (secondary N) is 1. The first-order chi connectivity index (χ1) is 9.51. The number of hydrogen-bond acceptors (Lipinski definition) is 6. The topological polar surface area (TPSA) is 94.4 Å². The SMILES string of the molecule is COc1ccc(Cl)cc1C(=O)Nc1ncc([N+](=O)[O-])s1. The first-order valence-corrected chi connectivity index (χ1v) is 6.46. The minimum atomic E-state index is -0.576. The molecule has 0 fully saturated rings. The number of thiazole rings is 1. The Labute approximate surface area is 122 Å². The van der Waals surface area contributed by atoms with Crippen molar-refractivity contribution >= 4 is 39.0 Å². The fraction of sp³-hybridized carbons (Fsp3) is 0.0909. The lowest BCUT2D eigenvalue weighted by Crippen LogP contribution is -2.12. The summed E-state index contributed by atoms with van der Waals surface area (Å²) in [5.41, 5.74) is 0.220. The maximum Gasteiger partial charge on any atom is 0.345 e. The molecule has 0 spiro atoms. The summed E-state index contributed by atoms with van der Waals surface area (Å²) >= 11 is 6.59. The monoisotopic (exact) mass is 313 g/mol. The van der Waals surface area contributed by atoms with Crippen molar-refractivity contribution in [2.45, 2.75) is 0 Å². The van der Waals surface area contributed by atoms with E-state index in [-0.39, 0.29) is 15.7 Å². The normalized spacial score (nSPS) is 10.1. The summed E-state index contributed by atoms with van der Waals surface area (Å²) in [7, 11) is 1.42. The molecule has 0 atom stereocenters. The summed E-state index contributed by atoms with van der Waals surface area (Å²) in [6.07, 6.45) is 1.08. The highest BCUT2D eigenvalue weighted by molar-refractivity contribution is 7.18. The molecule has 2 aromatic rings. The van der Waals surface area contributed by atoms with Gasteiger partial charge in [0.1, 0.15) is 11.9 Å². The lowest BCUT2D eigenvalue weighted by molar-refractivity contribution is -0.380. The van der Waals surface area contributed by atoms with E-state index in [1.54, 1.807) is 12.1 Å². The Morgan fingerprint density at radius 2 is 2.30 bits per heavy atom. The number of nitrogens with zero attached hydrogens (tertiary/aromatic N) is 2. The number of anilines is 1. The first kappa shape index (κ1) is 14.2. The molecule has 9 heteroatoms. The summed E-state index contributed by atoms with van der Waals surface area (Å²) < 4.78 is 5.06. The van der Waals surface area contributed by atoms with Gasteiger partial charge in [-0.1, -0.05) is 11.6 Å². The van der Waals surface area contributed by atoms with Crippen LogP contribution < -0.4 is 10.1 Å². The lowest BCUT2D eigenvalue weighted by atomic mass is 10.2. The zero-order valence-corrected chi connectivity index (χ0v) is 11.7. The third kappa shape index (κ3) is 3.03. The number of aromatic nitrogens is 1. The molecule has 1 aromatic carbocycles. The quantitative estimate of drug-likeness (QED) is 0.691. The van der Waals surface area contributed by atoms with Crippen molar-refractivity contribution in [3.05, 3.63) is 45.1 Å².